The summed E-state index contributed by atoms with van der Waals surface area (Å²) in [5.41, 5.74) is 0. The number of phosphoric ester groups is 2. The molecule has 17 nitrogen and oxygen atoms in total. The Labute approximate surface area is 619 Å². The number of aliphatic hydroxyl groups excluding tert-OH is 1. The van der Waals surface area contributed by atoms with Crippen LogP contribution in [0.3, 0.4) is 0 Å². The Morgan fingerprint density at radius 3 is 0.673 bits per heavy atom. The van der Waals surface area contributed by atoms with Crippen molar-refractivity contribution in [1.82, 2.24) is 0 Å². The Hall–Kier alpha value is -1.94. The van der Waals surface area contributed by atoms with E-state index in [2.05, 4.69) is 48.5 Å². The largest absolute Gasteiger partial charge is 0.472 e. The van der Waals surface area contributed by atoms with Crippen LogP contribution in [0.15, 0.2) is 0 Å². The van der Waals surface area contributed by atoms with Gasteiger partial charge in [-0.1, -0.05) is 376 Å². The second-order valence-corrected chi connectivity index (χ2v) is 33.8. The van der Waals surface area contributed by atoms with Gasteiger partial charge in [0.1, 0.15) is 19.3 Å². The van der Waals surface area contributed by atoms with Gasteiger partial charge >= 0.3 is 39.5 Å². The maximum atomic E-state index is 13.1. The highest BCUT2D eigenvalue weighted by atomic mass is 31.2. The van der Waals surface area contributed by atoms with Crippen LogP contribution in [-0.4, -0.2) is 96.7 Å². The molecule has 0 aliphatic carbocycles. The van der Waals surface area contributed by atoms with Crippen molar-refractivity contribution in [3.63, 3.8) is 0 Å². The number of rotatable bonds is 80. The second kappa shape index (κ2) is 72.3. The van der Waals surface area contributed by atoms with Crippen LogP contribution < -0.4 is 0 Å². The molecule has 2 unspecified atom stereocenters. The van der Waals surface area contributed by atoms with Gasteiger partial charge in [-0.3, -0.25) is 37.3 Å². The van der Waals surface area contributed by atoms with Crippen molar-refractivity contribution in [2.24, 2.45) is 17.8 Å². The average molecular weight is 1480 g/mol. The molecule has 5 atom stereocenters. The molecule has 0 radical (unpaired) electrons. The molecule has 101 heavy (non-hydrogen) atoms. The predicted molar refractivity (Wildman–Crippen MR) is 414 cm³/mol. The molecule has 0 amide bonds. The summed E-state index contributed by atoms with van der Waals surface area (Å²) in [5, 5.41) is 10.6. The van der Waals surface area contributed by atoms with Crippen molar-refractivity contribution in [2.45, 2.75) is 446 Å². The van der Waals surface area contributed by atoms with E-state index in [-0.39, 0.29) is 25.7 Å². The monoisotopic (exact) mass is 1480 g/mol. The number of carbonyl (C=O) groups excluding carboxylic acids is 4. The fourth-order valence-corrected chi connectivity index (χ4v) is 14.2. The fourth-order valence-electron chi connectivity index (χ4n) is 12.7. The van der Waals surface area contributed by atoms with Crippen LogP contribution in [0, 0.1) is 17.8 Å². The molecule has 0 aromatic heterocycles. The molecule has 0 aliphatic rings. The van der Waals surface area contributed by atoms with Crippen LogP contribution in [-0.2, 0) is 65.4 Å². The predicted octanol–water partition coefficient (Wildman–Crippen LogP) is 24.5. The minimum atomic E-state index is -4.96. The molecule has 0 bridgehead atoms. The summed E-state index contributed by atoms with van der Waals surface area (Å²) < 4.78 is 68.8. The van der Waals surface area contributed by atoms with Gasteiger partial charge < -0.3 is 33.8 Å². The number of esters is 4. The quantitative estimate of drug-likeness (QED) is 0.0222. The molecule has 0 spiro atoms. The number of aliphatic hydroxyl groups is 1. The molecule has 19 heteroatoms. The summed E-state index contributed by atoms with van der Waals surface area (Å²) in [6.07, 6.45) is 61.0. The summed E-state index contributed by atoms with van der Waals surface area (Å²) in [5.74, 6) is 0.259. The molecule has 0 aromatic carbocycles. The molecular formula is C82H160O17P2. The smallest absolute Gasteiger partial charge is 0.462 e. The standard InChI is InChI=1S/C82H160O17P2/c1-8-9-10-11-12-13-25-35-42-49-56-63-79(84)92-69-78(99-82(87)66-59-52-45-38-31-30-34-41-48-55-62-75(6)7)72-97-101(90,91)95-68-76(83)67-94-100(88,89)96-71-77(70-93-80(85)64-57-50-43-36-28-23-20-16-18-22-27-33-40-47-54-61-74(4)5)98-81(86)65-58-51-44-37-29-24-19-15-14-17-21-26-32-39-46-53-60-73(2)3/h73-78,83H,8-72H2,1-7H3,(H,88,89)(H,90,91)/t76-,77-,78-/m1/s1. The number of phosphoric acid groups is 2. The van der Waals surface area contributed by atoms with Crippen LogP contribution in [0.5, 0.6) is 0 Å². The highest BCUT2D eigenvalue weighted by Gasteiger charge is 2.30. The van der Waals surface area contributed by atoms with Gasteiger partial charge in [0.05, 0.1) is 26.4 Å². The van der Waals surface area contributed by atoms with Crippen molar-refractivity contribution in [3.05, 3.63) is 0 Å². The van der Waals surface area contributed by atoms with E-state index in [0.29, 0.717) is 25.7 Å². The van der Waals surface area contributed by atoms with Crippen molar-refractivity contribution in [1.29, 1.82) is 0 Å². The van der Waals surface area contributed by atoms with Gasteiger partial charge in [-0.2, -0.15) is 0 Å². The lowest BCUT2D eigenvalue weighted by molar-refractivity contribution is -0.161. The maximum Gasteiger partial charge on any atom is 0.472 e. The second-order valence-electron chi connectivity index (χ2n) is 30.9. The molecule has 0 rings (SSSR count). The van der Waals surface area contributed by atoms with Crippen molar-refractivity contribution >= 4 is 39.5 Å². The zero-order chi connectivity index (χ0) is 74.4. The van der Waals surface area contributed by atoms with Gasteiger partial charge in [0.15, 0.2) is 12.2 Å². The first kappa shape index (κ1) is 99.1. The highest BCUT2D eigenvalue weighted by Crippen LogP contribution is 2.45. The molecule has 0 heterocycles. The van der Waals surface area contributed by atoms with Gasteiger partial charge in [-0.25, -0.2) is 9.13 Å². The van der Waals surface area contributed by atoms with E-state index in [9.17, 15) is 43.2 Å². The number of hydrogen-bond acceptors (Lipinski definition) is 15. The summed E-state index contributed by atoms with van der Waals surface area (Å²) in [6.45, 7) is 12.0. The van der Waals surface area contributed by atoms with Crippen LogP contribution >= 0.6 is 15.6 Å². The van der Waals surface area contributed by atoms with Gasteiger partial charge in [-0.05, 0) is 43.4 Å². The Bertz CT molecular complexity index is 1960. The van der Waals surface area contributed by atoms with E-state index in [0.717, 1.165) is 108 Å². The summed E-state index contributed by atoms with van der Waals surface area (Å²) >= 11 is 0. The first-order valence-electron chi connectivity index (χ1n) is 42.3. The minimum absolute atomic E-state index is 0.106. The van der Waals surface area contributed by atoms with Gasteiger partial charge in [0.2, 0.25) is 0 Å². The van der Waals surface area contributed by atoms with E-state index in [1.54, 1.807) is 0 Å². The van der Waals surface area contributed by atoms with Crippen molar-refractivity contribution in [2.75, 3.05) is 39.6 Å². The topological polar surface area (TPSA) is 237 Å². The number of unbranched alkanes of at least 4 members (excludes halogenated alkanes) is 48. The Balaban J connectivity index is 5.24. The SMILES string of the molecule is CCCCCCCCCCCCCC(=O)OC[C@H](COP(=O)(O)OC[C@H](O)COP(=O)(O)OC[C@@H](COC(=O)CCCCCCCCCCCCCCCCCC(C)C)OC(=O)CCCCCCCCCCCCCCCCCCC(C)C)OC(=O)CCCCCCCCCCCCC(C)C. The van der Waals surface area contributed by atoms with Crippen LogP contribution in [0.1, 0.15) is 427 Å². The van der Waals surface area contributed by atoms with E-state index >= 15 is 0 Å². The zero-order valence-electron chi connectivity index (χ0n) is 66.4. The lowest BCUT2D eigenvalue weighted by atomic mass is 10.0. The molecule has 3 N–H and O–H groups in total. The van der Waals surface area contributed by atoms with Crippen LogP contribution in [0.25, 0.3) is 0 Å². The lowest BCUT2D eigenvalue weighted by Gasteiger charge is -2.21. The number of ether oxygens (including phenoxy) is 4. The van der Waals surface area contributed by atoms with Gasteiger partial charge in [0, 0.05) is 25.7 Å². The Morgan fingerprint density at radius 2 is 0.455 bits per heavy atom. The van der Waals surface area contributed by atoms with E-state index < -0.39 is 97.5 Å². The minimum Gasteiger partial charge on any atom is -0.462 e. The number of carbonyl (C=O) groups is 4. The maximum absolute atomic E-state index is 13.1. The summed E-state index contributed by atoms with van der Waals surface area (Å²) in [4.78, 5) is 73.1. The fraction of sp³-hybridized carbons (Fsp3) is 0.951. The van der Waals surface area contributed by atoms with Crippen molar-refractivity contribution < 1.29 is 80.2 Å². The molecule has 0 aliphatic heterocycles. The first-order valence-corrected chi connectivity index (χ1v) is 45.3. The van der Waals surface area contributed by atoms with Crippen LogP contribution in [0.4, 0.5) is 0 Å². The van der Waals surface area contributed by atoms with E-state index in [4.69, 9.17) is 37.0 Å². The zero-order valence-corrected chi connectivity index (χ0v) is 68.2. The third-order valence-electron chi connectivity index (χ3n) is 19.1. The molecule has 0 aromatic rings. The summed E-state index contributed by atoms with van der Waals surface area (Å²) in [7, 11) is -9.92. The summed E-state index contributed by atoms with van der Waals surface area (Å²) in [6, 6.07) is 0. The lowest BCUT2D eigenvalue weighted by Crippen LogP contribution is -2.30. The van der Waals surface area contributed by atoms with Gasteiger partial charge in [0.25, 0.3) is 0 Å². The van der Waals surface area contributed by atoms with E-state index in [1.165, 1.54) is 238 Å². The third-order valence-corrected chi connectivity index (χ3v) is 21.0. The van der Waals surface area contributed by atoms with E-state index in [1.807, 2.05) is 0 Å². The van der Waals surface area contributed by atoms with Crippen LogP contribution in [0.2, 0.25) is 0 Å². The Kier molecular flexibility index (Phi) is 70.9. The first-order chi connectivity index (χ1) is 48.7. The third kappa shape index (κ3) is 76.1. The molecular weight excluding hydrogens is 1320 g/mol. The normalized spacial score (nSPS) is 14.0. The van der Waals surface area contributed by atoms with Gasteiger partial charge in [-0.15, -0.1) is 0 Å². The molecule has 0 saturated heterocycles. The average Bonchev–Trinajstić information content (AvgIpc) is 0.934. The Morgan fingerprint density at radius 1 is 0.267 bits per heavy atom. The molecule has 600 valence electrons. The van der Waals surface area contributed by atoms with Crippen molar-refractivity contribution in [3.8, 4) is 0 Å². The highest BCUT2D eigenvalue weighted by molar-refractivity contribution is 7.47. The number of hydrogen-bond donors (Lipinski definition) is 3. The molecule has 0 fully saturated rings. The molecule has 0 saturated carbocycles.